The van der Waals surface area contributed by atoms with Crippen molar-refractivity contribution in [2.45, 2.75) is 24.4 Å². The second-order valence-electron chi connectivity index (χ2n) is 6.22. The average molecular weight is 454 g/mol. The summed E-state index contributed by atoms with van der Waals surface area (Å²) in [4.78, 5) is 58.1. The zero-order chi connectivity index (χ0) is 22.0. The number of hydrogen-bond acceptors (Lipinski definition) is 10. The number of thioether (sulfide) groups is 1. The number of oxime groups is 1. The lowest BCUT2D eigenvalue weighted by molar-refractivity contribution is -0.150. The Morgan fingerprint density at radius 3 is 2.83 bits per heavy atom. The Morgan fingerprint density at radius 2 is 2.20 bits per heavy atom. The molecule has 0 bridgehead atoms. The van der Waals surface area contributed by atoms with E-state index in [-0.39, 0.29) is 22.2 Å². The van der Waals surface area contributed by atoms with Crippen molar-refractivity contribution in [1.29, 1.82) is 0 Å². The molecule has 3 amide bonds. The van der Waals surface area contributed by atoms with Crippen LogP contribution in [0.15, 0.2) is 22.3 Å². The molecule has 14 heteroatoms. The number of thiazole rings is 1. The van der Waals surface area contributed by atoms with Crippen molar-refractivity contribution in [2.75, 3.05) is 18.2 Å². The number of carboxylic acid groups (broad SMARTS) is 1. The fourth-order valence-corrected chi connectivity index (χ4v) is 4.60. The Bertz CT molecular complexity index is 958. The minimum Gasteiger partial charge on any atom is -0.477 e. The first-order valence-electron chi connectivity index (χ1n) is 8.57. The Hall–Kier alpha value is -2.97. The maximum Gasteiger partial charge on any atom is 0.352 e. The number of fused-ring (bicyclic) bond motifs is 1. The molecule has 30 heavy (non-hydrogen) atoms. The van der Waals surface area contributed by atoms with E-state index in [1.165, 1.54) is 37.3 Å². The Labute approximate surface area is 178 Å². The number of aliphatic carboxylic acids is 1. The van der Waals surface area contributed by atoms with Crippen LogP contribution in [-0.2, 0) is 24.0 Å². The van der Waals surface area contributed by atoms with Gasteiger partial charge in [-0.3, -0.25) is 19.3 Å². The van der Waals surface area contributed by atoms with E-state index in [0.29, 0.717) is 5.75 Å². The Kier molecular flexibility index (Phi) is 6.38. The van der Waals surface area contributed by atoms with Crippen LogP contribution in [0, 0.1) is 0 Å². The second kappa shape index (κ2) is 8.81. The molecule has 5 N–H and O–H groups in total. The van der Waals surface area contributed by atoms with Gasteiger partial charge in [0.1, 0.15) is 29.9 Å². The highest BCUT2D eigenvalue weighted by Crippen LogP contribution is 2.37. The molecule has 2 aliphatic rings. The molecule has 1 fully saturated rings. The number of carbonyl (C=O) groups excluding carboxylic acids is 3. The second-order valence-corrected chi connectivity index (χ2v) is 8.22. The van der Waals surface area contributed by atoms with Gasteiger partial charge in [0.15, 0.2) is 10.8 Å². The van der Waals surface area contributed by atoms with Gasteiger partial charge in [0.25, 0.3) is 11.8 Å². The van der Waals surface area contributed by atoms with Gasteiger partial charge >= 0.3 is 5.97 Å². The van der Waals surface area contributed by atoms with Crippen LogP contribution in [0.5, 0.6) is 0 Å². The van der Waals surface area contributed by atoms with Crippen LogP contribution in [0.1, 0.15) is 12.6 Å². The molecule has 3 atom stereocenters. The number of hydrogen-bond donors (Lipinski definition) is 4. The van der Waals surface area contributed by atoms with Crippen LogP contribution in [0.4, 0.5) is 5.13 Å². The summed E-state index contributed by atoms with van der Waals surface area (Å²) >= 11 is 2.39. The van der Waals surface area contributed by atoms with E-state index < -0.39 is 41.1 Å². The van der Waals surface area contributed by atoms with Gasteiger partial charge in [0, 0.05) is 11.1 Å². The molecule has 1 aromatic rings. The zero-order valence-electron chi connectivity index (χ0n) is 15.8. The smallest absolute Gasteiger partial charge is 0.352 e. The minimum atomic E-state index is -1.20. The number of rotatable bonds is 7. The van der Waals surface area contributed by atoms with E-state index in [0.717, 1.165) is 16.2 Å². The highest BCUT2D eigenvalue weighted by molar-refractivity contribution is 8.00. The quantitative estimate of drug-likeness (QED) is 0.232. The third-order valence-corrected chi connectivity index (χ3v) is 6.08. The average Bonchev–Trinajstić information content (AvgIpc) is 3.16. The normalized spacial score (nSPS) is 21.7. The summed E-state index contributed by atoms with van der Waals surface area (Å²) in [6.07, 6.45) is 1.45. The van der Waals surface area contributed by atoms with Crippen molar-refractivity contribution >= 4 is 57.6 Å². The maximum atomic E-state index is 12.7. The lowest BCUT2D eigenvalue weighted by Crippen LogP contribution is -2.70. The molecule has 0 aliphatic carbocycles. The molecule has 0 unspecified atom stereocenters. The molecular weight excluding hydrogens is 436 g/mol. The topological polar surface area (TPSA) is 176 Å². The molecule has 0 radical (unpaired) electrons. The molecule has 0 saturated carbocycles. The number of carboxylic acids is 1. The minimum absolute atomic E-state index is 0.103. The van der Waals surface area contributed by atoms with Crippen LogP contribution in [0.2, 0.25) is 0 Å². The van der Waals surface area contributed by atoms with Crippen LogP contribution < -0.4 is 16.4 Å². The molecule has 2 aliphatic heterocycles. The van der Waals surface area contributed by atoms with Crippen molar-refractivity contribution in [1.82, 2.24) is 15.2 Å². The van der Waals surface area contributed by atoms with Crippen molar-refractivity contribution in [3.8, 4) is 0 Å². The van der Waals surface area contributed by atoms with Crippen molar-refractivity contribution < 1.29 is 29.1 Å². The molecule has 1 aromatic heterocycles. The van der Waals surface area contributed by atoms with E-state index in [9.17, 15) is 24.3 Å². The fraction of sp³-hybridized carbons (Fsp3) is 0.375. The summed E-state index contributed by atoms with van der Waals surface area (Å²) in [5, 5.41) is 19.1. The number of β-lactam (4-membered cyclic amide) rings is 1. The summed E-state index contributed by atoms with van der Waals surface area (Å²) in [7, 11) is 1.25. The Balaban J connectivity index is 1.72. The van der Waals surface area contributed by atoms with E-state index in [1.807, 2.05) is 0 Å². The standard InChI is InChI=1S/C16H18N6O6S2/c1-6(17)11(23)20-16-18-7(5-30-16)9(21-28-2)12(24)19-10-13(25)22-8(15(26)27)3-4-29-14(10)22/h3,5-6,10,14H,4,17H2,1-2H3,(H,19,24)(H,26,27)(H,18,20,23)/b21-9-/t6-,10+,14+/m0/s1. The highest BCUT2D eigenvalue weighted by Gasteiger charge is 2.53. The molecule has 0 spiro atoms. The molecule has 1 saturated heterocycles. The molecule has 160 valence electrons. The largest absolute Gasteiger partial charge is 0.477 e. The van der Waals surface area contributed by atoms with Gasteiger partial charge in [-0.15, -0.1) is 23.1 Å². The van der Waals surface area contributed by atoms with Crippen LogP contribution in [0.25, 0.3) is 0 Å². The highest BCUT2D eigenvalue weighted by atomic mass is 32.2. The van der Waals surface area contributed by atoms with Gasteiger partial charge in [-0.25, -0.2) is 9.78 Å². The lowest BCUT2D eigenvalue weighted by atomic mass is 10.0. The van der Waals surface area contributed by atoms with Gasteiger partial charge < -0.3 is 26.3 Å². The van der Waals surface area contributed by atoms with Gasteiger partial charge in [0.05, 0.1) is 6.04 Å². The molecule has 3 heterocycles. The monoisotopic (exact) mass is 454 g/mol. The van der Waals surface area contributed by atoms with Crippen LogP contribution in [0.3, 0.4) is 0 Å². The molecular formula is C16H18N6O6S2. The third kappa shape index (κ3) is 4.15. The number of carbonyl (C=O) groups is 4. The number of nitrogens with one attached hydrogen (secondary N) is 2. The van der Waals surface area contributed by atoms with Crippen molar-refractivity contribution in [3.05, 3.63) is 22.8 Å². The summed E-state index contributed by atoms with van der Waals surface area (Å²) in [5.74, 6) is -2.51. The predicted molar refractivity (Wildman–Crippen MR) is 109 cm³/mol. The molecule has 3 rings (SSSR count). The number of nitrogens with zero attached hydrogens (tertiary/aromatic N) is 3. The predicted octanol–water partition coefficient (Wildman–Crippen LogP) is -0.852. The number of amides is 3. The first-order chi connectivity index (χ1) is 14.2. The number of anilines is 1. The van der Waals surface area contributed by atoms with Crippen molar-refractivity contribution in [2.24, 2.45) is 10.9 Å². The summed E-state index contributed by atoms with van der Waals surface area (Å²) in [5.41, 5.74) is 5.33. The number of nitrogens with two attached hydrogens (primary N) is 1. The summed E-state index contributed by atoms with van der Waals surface area (Å²) in [6, 6.07) is -1.65. The SMILES string of the molecule is CO/N=C(\C(=O)N[C@@H]1C(=O)N2C(C(=O)O)=CCS[C@H]12)c1csc(NC(=O)[C@H](C)N)n1. The summed E-state index contributed by atoms with van der Waals surface area (Å²) in [6.45, 7) is 1.52. The zero-order valence-corrected chi connectivity index (χ0v) is 17.5. The van der Waals surface area contributed by atoms with Crippen molar-refractivity contribution in [3.63, 3.8) is 0 Å². The first-order valence-corrected chi connectivity index (χ1v) is 10.5. The summed E-state index contributed by atoms with van der Waals surface area (Å²) < 4.78 is 0. The first kappa shape index (κ1) is 21.7. The number of aromatic nitrogens is 1. The Morgan fingerprint density at radius 1 is 1.47 bits per heavy atom. The van der Waals surface area contributed by atoms with Gasteiger partial charge in [-0.1, -0.05) is 5.16 Å². The van der Waals surface area contributed by atoms with E-state index in [4.69, 9.17) is 10.6 Å². The van der Waals surface area contributed by atoms with E-state index in [2.05, 4.69) is 20.8 Å². The fourth-order valence-electron chi connectivity index (χ4n) is 2.70. The molecule has 12 nitrogen and oxygen atoms in total. The maximum absolute atomic E-state index is 12.7. The third-order valence-electron chi connectivity index (χ3n) is 4.14. The van der Waals surface area contributed by atoms with Gasteiger partial charge in [0.2, 0.25) is 5.91 Å². The van der Waals surface area contributed by atoms with Gasteiger partial charge in [-0.2, -0.15) is 0 Å². The lowest BCUT2D eigenvalue weighted by Gasteiger charge is -2.48. The van der Waals surface area contributed by atoms with Crippen LogP contribution in [-0.4, -0.2) is 74.7 Å². The van der Waals surface area contributed by atoms with Gasteiger partial charge in [-0.05, 0) is 13.0 Å². The van der Waals surface area contributed by atoms with E-state index >= 15 is 0 Å². The van der Waals surface area contributed by atoms with E-state index in [1.54, 1.807) is 0 Å². The molecule has 0 aromatic carbocycles. The van der Waals surface area contributed by atoms with Crippen LogP contribution >= 0.6 is 23.1 Å².